The quantitative estimate of drug-likeness (QED) is 0.593. The second-order valence-electron chi connectivity index (χ2n) is 5.93. The maximum absolute atomic E-state index is 11.9. The fourth-order valence-electron chi connectivity index (χ4n) is 1.52. The summed E-state index contributed by atoms with van der Waals surface area (Å²) in [6.07, 6.45) is 0. The third-order valence-electron chi connectivity index (χ3n) is 2.78. The molecule has 3 heteroatoms. The van der Waals surface area contributed by atoms with Gasteiger partial charge in [-0.15, -0.1) is 0 Å². The molecule has 0 unspecified atom stereocenters. The molecule has 0 bridgehead atoms. The standard InChI is InChI=1S/C15H24NO2/c1-12(2)13-7-6-8-14(11-13)15(17)18-10-9-16(3,4)5/h6-8,11-12H,9-10H2,1-5H3/q+1. The third-order valence-corrected chi connectivity index (χ3v) is 2.78. The van der Waals surface area contributed by atoms with Crippen molar-refractivity contribution in [3.63, 3.8) is 0 Å². The Hall–Kier alpha value is -1.35. The monoisotopic (exact) mass is 250 g/mol. The highest BCUT2D eigenvalue weighted by Gasteiger charge is 2.12. The molecule has 0 spiro atoms. The van der Waals surface area contributed by atoms with Gasteiger partial charge in [0.1, 0.15) is 13.2 Å². The first-order chi connectivity index (χ1) is 8.29. The van der Waals surface area contributed by atoms with E-state index in [0.717, 1.165) is 16.6 Å². The summed E-state index contributed by atoms with van der Waals surface area (Å²) < 4.78 is 6.08. The third kappa shape index (κ3) is 4.88. The number of hydrogen-bond acceptors (Lipinski definition) is 2. The van der Waals surface area contributed by atoms with Gasteiger partial charge in [0.05, 0.1) is 26.7 Å². The summed E-state index contributed by atoms with van der Waals surface area (Å²) in [4.78, 5) is 11.9. The Morgan fingerprint density at radius 3 is 2.50 bits per heavy atom. The molecule has 0 heterocycles. The highest BCUT2D eigenvalue weighted by molar-refractivity contribution is 5.89. The maximum atomic E-state index is 11.9. The lowest BCUT2D eigenvalue weighted by molar-refractivity contribution is -0.870. The first kappa shape index (κ1) is 14.7. The molecule has 0 saturated carbocycles. The van der Waals surface area contributed by atoms with Gasteiger partial charge in [-0.2, -0.15) is 0 Å². The van der Waals surface area contributed by atoms with E-state index in [0.29, 0.717) is 18.1 Å². The molecule has 0 aliphatic heterocycles. The van der Waals surface area contributed by atoms with Gasteiger partial charge in [-0.3, -0.25) is 0 Å². The van der Waals surface area contributed by atoms with Crippen LogP contribution >= 0.6 is 0 Å². The summed E-state index contributed by atoms with van der Waals surface area (Å²) in [7, 11) is 6.23. The molecule has 0 amide bonds. The Kier molecular flexibility index (Phi) is 4.91. The molecule has 1 rings (SSSR count). The molecule has 3 nitrogen and oxygen atoms in total. The van der Waals surface area contributed by atoms with Crippen LogP contribution in [0.3, 0.4) is 0 Å². The number of hydrogen-bond donors (Lipinski definition) is 0. The molecule has 0 fully saturated rings. The van der Waals surface area contributed by atoms with Gasteiger partial charge in [0.25, 0.3) is 0 Å². The van der Waals surface area contributed by atoms with Crippen LogP contribution in [0.5, 0.6) is 0 Å². The molecule has 0 N–H and O–H groups in total. The van der Waals surface area contributed by atoms with Gasteiger partial charge < -0.3 is 9.22 Å². The number of esters is 1. The Morgan fingerprint density at radius 1 is 1.28 bits per heavy atom. The second-order valence-corrected chi connectivity index (χ2v) is 5.93. The lowest BCUT2D eigenvalue weighted by Crippen LogP contribution is -2.38. The summed E-state index contributed by atoms with van der Waals surface area (Å²) >= 11 is 0. The van der Waals surface area contributed by atoms with Gasteiger partial charge in [0.15, 0.2) is 0 Å². The Morgan fingerprint density at radius 2 is 1.94 bits per heavy atom. The Bertz CT molecular complexity index is 405. The minimum atomic E-state index is -0.231. The second kappa shape index (κ2) is 6.01. The predicted molar refractivity (Wildman–Crippen MR) is 73.7 cm³/mol. The zero-order valence-electron chi connectivity index (χ0n) is 12.1. The summed E-state index contributed by atoms with van der Waals surface area (Å²) in [5, 5.41) is 0. The number of carbonyl (C=O) groups is 1. The van der Waals surface area contributed by atoms with Crippen molar-refractivity contribution in [2.45, 2.75) is 19.8 Å². The van der Waals surface area contributed by atoms with Gasteiger partial charge >= 0.3 is 5.97 Å². The number of ether oxygens (including phenoxy) is 1. The van der Waals surface area contributed by atoms with Crippen LogP contribution in [0.4, 0.5) is 0 Å². The van der Waals surface area contributed by atoms with Crippen molar-refractivity contribution < 1.29 is 14.0 Å². The van der Waals surface area contributed by atoms with Crippen LogP contribution in [-0.4, -0.2) is 44.7 Å². The first-order valence-corrected chi connectivity index (χ1v) is 6.37. The van der Waals surface area contributed by atoms with Crippen molar-refractivity contribution in [3.05, 3.63) is 35.4 Å². The van der Waals surface area contributed by atoms with Crippen LogP contribution in [0.1, 0.15) is 35.7 Å². The van der Waals surface area contributed by atoms with Crippen LogP contribution in [0.25, 0.3) is 0 Å². The smallest absolute Gasteiger partial charge is 0.338 e. The maximum Gasteiger partial charge on any atom is 0.338 e. The number of nitrogens with zero attached hydrogens (tertiary/aromatic N) is 1. The van der Waals surface area contributed by atoms with E-state index in [-0.39, 0.29) is 5.97 Å². The van der Waals surface area contributed by atoms with E-state index in [1.165, 1.54) is 0 Å². The normalized spacial score (nSPS) is 11.7. The molecule has 0 aliphatic carbocycles. The van der Waals surface area contributed by atoms with Gasteiger partial charge in [0, 0.05) is 0 Å². The number of carbonyl (C=O) groups excluding carboxylic acids is 1. The summed E-state index contributed by atoms with van der Waals surface area (Å²) in [5.74, 6) is 0.190. The average molecular weight is 250 g/mol. The molecule has 0 aliphatic rings. The van der Waals surface area contributed by atoms with Crippen molar-refractivity contribution in [1.29, 1.82) is 0 Å². The van der Waals surface area contributed by atoms with Gasteiger partial charge in [-0.05, 0) is 23.6 Å². The van der Waals surface area contributed by atoms with E-state index in [2.05, 4.69) is 35.0 Å². The van der Waals surface area contributed by atoms with Crippen molar-refractivity contribution >= 4 is 5.97 Å². The van der Waals surface area contributed by atoms with Crippen LogP contribution in [0.15, 0.2) is 24.3 Å². The zero-order valence-corrected chi connectivity index (χ0v) is 12.1. The fraction of sp³-hybridized carbons (Fsp3) is 0.533. The molecule has 0 atom stereocenters. The summed E-state index contributed by atoms with van der Waals surface area (Å²) in [6, 6.07) is 7.67. The molecule has 1 aromatic rings. The lowest BCUT2D eigenvalue weighted by Gasteiger charge is -2.23. The topological polar surface area (TPSA) is 26.3 Å². The molecule has 100 valence electrons. The highest BCUT2D eigenvalue weighted by atomic mass is 16.5. The average Bonchev–Trinajstić information content (AvgIpc) is 2.27. The SMILES string of the molecule is CC(C)c1cccc(C(=O)OCC[N+](C)(C)C)c1. The Balaban J connectivity index is 2.59. The van der Waals surface area contributed by atoms with E-state index >= 15 is 0 Å². The zero-order chi connectivity index (χ0) is 13.8. The van der Waals surface area contributed by atoms with E-state index in [4.69, 9.17) is 4.74 Å². The van der Waals surface area contributed by atoms with Crippen LogP contribution in [-0.2, 0) is 4.74 Å². The summed E-state index contributed by atoms with van der Waals surface area (Å²) in [5.41, 5.74) is 1.80. The molecular formula is C15H24NO2+. The number of rotatable bonds is 5. The van der Waals surface area contributed by atoms with Crippen LogP contribution in [0.2, 0.25) is 0 Å². The van der Waals surface area contributed by atoms with Gasteiger partial charge in [-0.1, -0.05) is 26.0 Å². The van der Waals surface area contributed by atoms with Gasteiger partial charge in [-0.25, -0.2) is 4.79 Å². The first-order valence-electron chi connectivity index (χ1n) is 6.37. The molecule has 0 saturated heterocycles. The minimum absolute atomic E-state index is 0.231. The van der Waals surface area contributed by atoms with Crippen molar-refractivity contribution in [2.24, 2.45) is 0 Å². The number of likely N-dealkylation sites (N-methyl/N-ethyl adjacent to an activating group) is 1. The minimum Gasteiger partial charge on any atom is -0.456 e. The van der Waals surface area contributed by atoms with Crippen LogP contribution < -0.4 is 0 Å². The van der Waals surface area contributed by atoms with E-state index in [1.807, 2.05) is 18.2 Å². The van der Waals surface area contributed by atoms with Crippen molar-refractivity contribution in [3.8, 4) is 0 Å². The number of quaternary nitrogens is 1. The van der Waals surface area contributed by atoms with Crippen LogP contribution in [0, 0.1) is 0 Å². The lowest BCUT2D eigenvalue weighted by atomic mass is 10.0. The van der Waals surface area contributed by atoms with Crippen molar-refractivity contribution in [1.82, 2.24) is 0 Å². The van der Waals surface area contributed by atoms with Crippen molar-refractivity contribution in [2.75, 3.05) is 34.3 Å². The summed E-state index contributed by atoms with van der Waals surface area (Å²) in [6.45, 7) is 5.49. The molecular weight excluding hydrogens is 226 g/mol. The predicted octanol–water partition coefficient (Wildman–Crippen LogP) is 2.67. The van der Waals surface area contributed by atoms with E-state index in [1.54, 1.807) is 6.07 Å². The highest BCUT2D eigenvalue weighted by Crippen LogP contribution is 2.16. The largest absolute Gasteiger partial charge is 0.456 e. The molecule has 18 heavy (non-hydrogen) atoms. The molecule has 0 radical (unpaired) electrons. The molecule has 1 aromatic carbocycles. The fourth-order valence-corrected chi connectivity index (χ4v) is 1.52. The molecule has 0 aromatic heterocycles. The van der Waals surface area contributed by atoms with E-state index in [9.17, 15) is 4.79 Å². The Labute approximate surface area is 110 Å². The number of benzene rings is 1. The van der Waals surface area contributed by atoms with E-state index < -0.39 is 0 Å². The van der Waals surface area contributed by atoms with Gasteiger partial charge in [0.2, 0.25) is 0 Å².